The Morgan fingerprint density at radius 3 is 2.47 bits per heavy atom. The van der Waals surface area contributed by atoms with Crippen LogP contribution in [0.3, 0.4) is 0 Å². The van der Waals surface area contributed by atoms with Crippen molar-refractivity contribution in [2.45, 2.75) is 59.0 Å². The Kier molecular flexibility index (Phi) is 5.55. The lowest BCUT2D eigenvalue weighted by Gasteiger charge is -2.32. The van der Waals surface area contributed by atoms with Crippen LogP contribution < -0.4 is 15.7 Å². The van der Waals surface area contributed by atoms with E-state index in [9.17, 15) is 9.59 Å². The van der Waals surface area contributed by atoms with Gasteiger partial charge in [-0.05, 0) is 63.0 Å². The second kappa shape index (κ2) is 7.94. The Bertz CT molecular complexity index is 1070. The van der Waals surface area contributed by atoms with Crippen molar-refractivity contribution in [3.63, 3.8) is 0 Å². The van der Waals surface area contributed by atoms with Gasteiger partial charge in [-0.3, -0.25) is 9.59 Å². The molecule has 1 N–H and O–H groups in total. The summed E-state index contributed by atoms with van der Waals surface area (Å²) in [5.41, 5.74) is 3.67. The van der Waals surface area contributed by atoms with Gasteiger partial charge in [-0.1, -0.05) is 12.1 Å². The zero-order valence-electron chi connectivity index (χ0n) is 19.4. The maximum Gasteiger partial charge on any atom is 0.495 e. The molecule has 2 aliphatic heterocycles. The van der Waals surface area contributed by atoms with Crippen molar-refractivity contribution in [2.75, 3.05) is 17.3 Å². The predicted molar refractivity (Wildman–Crippen MR) is 124 cm³/mol. The number of fused-ring (bicyclic) bond motifs is 1. The van der Waals surface area contributed by atoms with Gasteiger partial charge < -0.3 is 24.3 Å². The standard InChI is InChI=1S/C24H29BN2O5/c1-15(28)30-14-19-20(25-31-23(2,3)24(4,5)32-25)8-7-9-21(19)27-13-16-12-17(26-6)10-11-18(16)22(27)29/h7-12,26H,13-14H2,1-6H3. The smallest absolute Gasteiger partial charge is 0.461 e. The van der Waals surface area contributed by atoms with E-state index in [1.54, 1.807) is 4.90 Å². The fraction of sp³-hybridized carbons (Fsp3) is 0.417. The molecule has 0 aromatic heterocycles. The number of nitrogens with one attached hydrogen (secondary N) is 1. The first-order chi connectivity index (χ1) is 15.0. The van der Waals surface area contributed by atoms with E-state index in [1.807, 2.05) is 71.1 Å². The third-order valence-electron chi connectivity index (χ3n) is 6.60. The molecule has 7 nitrogen and oxygen atoms in total. The van der Waals surface area contributed by atoms with Crippen molar-refractivity contribution >= 4 is 35.8 Å². The van der Waals surface area contributed by atoms with Crippen LogP contribution >= 0.6 is 0 Å². The molecule has 0 unspecified atom stereocenters. The number of hydrogen-bond acceptors (Lipinski definition) is 6. The maximum absolute atomic E-state index is 13.3. The Morgan fingerprint density at radius 2 is 1.84 bits per heavy atom. The van der Waals surface area contributed by atoms with E-state index in [1.165, 1.54) is 6.92 Å². The Balaban J connectivity index is 1.75. The molecular weight excluding hydrogens is 407 g/mol. The summed E-state index contributed by atoms with van der Waals surface area (Å²) in [4.78, 5) is 26.6. The molecule has 2 aliphatic rings. The average molecular weight is 436 g/mol. The number of hydrogen-bond donors (Lipinski definition) is 1. The van der Waals surface area contributed by atoms with Crippen LogP contribution in [0.5, 0.6) is 0 Å². The molecule has 0 spiro atoms. The van der Waals surface area contributed by atoms with Crippen LogP contribution in [0.2, 0.25) is 0 Å². The third kappa shape index (κ3) is 3.78. The van der Waals surface area contributed by atoms with E-state index in [0.717, 1.165) is 16.7 Å². The van der Waals surface area contributed by atoms with Gasteiger partial charge in [0.1, 0.15) is 6.61 Å². The van der Waals surface area contributed by atoms with Gasteiger partial charge in [-0.2, -0.15) is 0 Å². The highest BCUT2D eigenvalue weighted by molar-refractivity contribution is 6.62. The zero-order chi connectivity index (χ0) is 23.3. The first-order valence-electron chi connectivity index (χ1n) is 10.8. The van der Waals surface area contributed by atoms with Gasteiger partial charge in [-0.15, -0.1) is 0 Å². The van der Waals surface area contributed by atoms with Gasteiger partial charge in [0.25, 0.3) is 5.91 Å². The van der Waals surface area contributed by atoms with E-state index in [4.69, 9.17) is 14.0 Å². The van der Waals surface area contributed by atoms with E-state index >= 15 is 0 Å². The topological polar surface area (TPSA) is 77.1 Å². The molecule has 2 aromatic rings. The average Bonchev–Trinajstić information content (AvgIpc) is 3.17. The number of benzene rings is 2. The van der Waals surface area contributed by atoms with Crippen LogP contribution in [0.1, 0.15) is 56.1 Å². The third-order valence-corrected chi connectivity index (χ3v) is 6.60. The van der Waals surface area contributed by atoms with Gasteiger partial charge in [0.2, 0.25) is 0 Å². The number of carbonyl (C=O) groups excluding carboxylic acids is 2. The van der Waals surface area contributed by atoms with E-state index in [2.05, 4.69) is 5.32 Å². The molecule has 0 radical (unpaired) electrons. The molecule has 8 heteroatoms. The van der Waals surface area contributed by atoms with E-state index in [0.29, 0.717) is 23.4 Å². The first-order valence-corrected chi connectivity index (χ1v) is 10.8. The molecule has 1 saturated heterocycles. The molecule has 2 heterocycles. The summed E-state index contributed by atoms with van der Waals surface area (Å²) in [6.07, 6.45) is 0. The Labute approximate surface area is 189 Å². The fourth-order valence-electron chi connectivity index (χ4n) is 4.04. The molecule has 0 atom stereocenters. The summed E-state index contributed by atoms with van der Waals surface area (Å²) >= 11 is 0. The summed E-state index contributed by atoms with van der Waals surface area (Å²) in [5.74, 6) is -0.479. The molecule has 1 amide bonds. The molecule has 168 valence electrons. The van der Waals surface area contributed by atoms with Crippen molar-refractivity contribution in [1.29, 1.82) is 0 Å². The highest BCUT2D eigenvalue weighted by Crippen LogP contribution is 2.38. The van der Waals surface area contributed by atoms with E-state index in [-0.39, 0.29) is 12.5 Å². The van der Waals surface area contributed by atoms with Crippen molar-refractivity contribution in [3.8, 4) is 0 Å². The predicted octanol–water partition coefficient (Wildman–Crippen LogP) is 3.25. The molecular formula is C24H29BN2O5. The quantitative estimate of drug-likeness (QED) is 0.573. The largest absolute Gasteiger partial charge is 0.495 e. The second-order valence-corrected chi connectivity index (χ2v) is 9.23. The first kappa shape index (κ1) is 22.4. The van der Waals surface area contributed by atoms with Crippen molar-refractivity contribution in [2.24, 2.45) is 0 Å². The minimum absolute atomic E-state index is 0.0206. The minimum atomic E-state index is -0.638. The molecule has 0 saturated carbocycles. The zero-order valence-corrected chi connectivity index (χ0v) is 19.4. The molecule has 32 heavy (non-hydrogen) atoms. The molecule has 0 bridgehead atoms. The summed E-state index contributed by atoms with van der Waals surface area (Å²) in [6.45, 7) is 9.78. The van der Waals surface area contributed by atoms with Crippen LogP contribution in [0.25, 0.3) is 0 Å². The number of carbonyl (C=O) groups is 2. The normalized spacial score (nSPS) is 18.6. The molecule has 4 rings (SSSR count). The number of nitrogens with zero attached hydrogens (tertiary/aromatic N) is 1. The highest BCUT2D eigenvalue weighted by atomic mass is 16.7. The summed E-state index contributed by atoms with van der Waals surface area (Å²) < 4.78 is 17.9. The van der Waals surface area contributed by atoms with Gasteiger partial charge in [-0.25, -0.2) is 0 Å². The Morgan fingerprint density at radius 1 is 1.16 bits per heavy atom. The van der Waals surface area contributed by atoms with Gasteiger partial charge in [0, 0.05) is 30.8 Å². The summed E-state index contributed by atoms with van der Waals surface area (Å²) in [6, 6.07) is 11.4. The molecule has 0 aliphatic carbocycles. The van der Waals surface area contributed by atoms with Crippen molar-refractivity contribution < 1.29 is 23.6 Å². The molecule has 2 aromatic carbocycles. The number of ether oxygens (including phenoxy) is 1. The van der Waals surface area contributed by atoms with Crippen LogP contribution in [0.4, 0.5) is 11.4 Å². The van der Waals surface area contributed by atoms with Gasteiger partial charge in [0.05, 0.1) is 23.4 Å². The van der Waals surface area contributed by atoms with E-state index < -0.39 is 24.3 Å². The van der Waals surface area contributed by atoms with Gasteiger partial charge >= 0.3 is 13.1 Å². The van der Waals surface area contributed by atoms with Crippen LogP contribution in [0.15, 0.2) is 36.4 Å². The van der Waals surface area contributed by atoms with Crippen LogP contribution in [-0.2, 0) is 32.0 Å². The number of amides is 1. The number of rotatable bonds is 5. The van der Waals surface area contributed by atoms with Crippen LogP contribution in [0, 0.1) is 0 Å². The summed E-state index contributed by atoms with van der Waals surface area (Å²) in [7, 11) is 1.21. The Hall–Kier alpha value is -2.84. The molecule has 1 fully saturated rings. The highest BCUT2D eigenvalue weighted by Gasteiger charge is 2.52. The monoisotopic (exact) mass is 436 g/mol. The number of anilines is 2. The lowest BCUT2D eigenvalue weighted by atomic mass is 9.75. The summed E-state index contributed by atoms with van der Waals surface area (Å²) in [5, 5.41) is 3.11. The minimum Gasteiger partial charge on any atom is -0.461 e. The van der Waals surface area contributed by atoms with Gasteiger partial charge in [0.15, 0.2) is 0 Å². The lowest BCUT2D eigenvalue weighted by Crippen LogP contribution is -2.41. The maximum atomic E-state index is 13.3. The SMILES string of the molecule is CNc1ccc2c(c1)CN(c1cccc(B3OC(C)(C)C(C)(C)O3)c1COC(C)=O)C2=O. The van der Waals surface area contributed by atoms with Crippen molar-refractivity contribution in [3.05, 3.63) is 53.1 Å². The van der Waals surface area contributed by atoms with Crippen molar-refractivity contribution in [1.82, 2.24) is 0 Å². The van der Waals surface area contributed by atoms with Crippen LogP contribution in [-0.4, -0.2) is 37.2 Å². The number of esters is 1. The fourth-order valence-corrected chi connectivity index (χ4v) is 4.04. The second-order valence-electron chi connectivity index (χ2n) is 9.23. The lowest BCUT2D eigenvalue weighted by molar-refractivity contribution is -0.142.